The van der Waals surface area contributed by atoms with Crippen molar-refractivity contribution in [1.29, 1.82) is 0 Å². The first kappa shape index (κ1) is 14.8. The second-order valence-corrected chi connectivity index (χ2v) is 5.14. The number of ether oxygens (including phenoxy) is 1. The summed E-state index contributed by atoms with van der Waals surface area (Å²) in [4.78, 5) is 19.9. The van der Waals surface area contributed by atoms with Crippen LogP contribution in [0, 0.1) is 0 Å². The molecular weight excluding hydrogens is 250 g/mol. The summed E-state index contributed by atoms with van der Waals surface area (Å²) in [5, 5.41) is 3.89. The van der Waals surface area contributed by atoms with Crippen molar-refractivity contribution in [3.63, 3.8) is 0 Å². The fourth-order valence-electron chi connectivity index (χ4n) is 1.24. The summed E-state index contributed by atoms with van der Waals surface area (Å²) < 4.78 is 4.60. The number of thioether (sulfide) groups is 1. The second kappa shape index (κ2) is 7.20. The van der Waals surface area contributed by atoms with Crippen LogP contribution in [0.1, 0.15) is 32.0 Å². The highest BCUT2D eigenvalue weighted by Crippen LogP contribution is 2.22. The summed E-state index contributed by atoms with van der Waals surface area (Å²) in [7, 11) is 3.23. The van der Waals surface area contributed by atoms with Crippen molar-refractivity contribution in [2.24, 2.45) is 0 Å². The van der Waals surface area contributed by atoms with E-state index in [4.69, 9.17) is 0 Å². The van der Waals surface area contributed by atoms with Gasteiger partial charge >= 0.3 is 5.97 Å². The second-order valence-electron chi connectivity index (χ2n) is 4.03. The number of aromatic nitrogens is 2. The minimum atomic E-state index is -0.200. The quantitative estimate of drug-likeness (QED) is 0.485. The first-order valence-electron chi connectivity index (χ1n) is 5.83. The van der Waals surface area contributed by atoms with Crippen LogP contribution in [-0.2, 0) is 9.53 Å². The summed E-state index contributed by atoms with van der Waals surface area (Å²) in [6.07, 6.45) is 0.386. The molecule has 1 aromatic rings. The maximum Gasteiger partial charge on any atom is 0.306 e. The lowest BCUT2D eigenvalue weighted by atomic mass is 10.2. The molecule has 0 aliphatic rings. The summed E-state index contributed by atoms with van der Waals surface area (Å²) in [6.45, 7) is 4.11. The molecule has 0 aliphatic carbocycles. The average Bonchev–Trinajstić information content (AvgIpc) is 2.37. The van der Waals surface area contributed by atoms with Gasteiger partial charge in [0.05, 0.1) is 13.5 Å². The molecule has 0 amide bonds. The topological polar surface area (TPSA) is 64.1 Å². The molecule has 0 aromatic carbocycles. The van der Waals surface area contributed by atoms with E-state index < -0.39 is 0 Å². The van der Waals surface area contributed by atoms with Crippen molar-refractivity contribution in [1.82, 2.24) is 9.97 Å². The van der Waals surface area contributed by atoms with Crippen molar-refractivity contribution in [3.8, 4) is 0 Å². The van der Waals surface area contributed by atoms with E-state index >= 15 is 0 Å². The maximum atomic E-state index is 11.0. The Morgan fingerprint density at radius 2 is 2.22 bits per heavy atom. The van der Waals surface area contributed by atoms with Crippen molar-refractivity contribution >= 4 is 23.5 Å². The standard InChI is InChI=1S/C12H19N3O2S/c1-8(2)12-14-9(13-3)7-10(15-12)18-6-5-11(16)17-4/h7-8H,5-6H2,1-4H3,(H,13,14,15). The van der Waals surface area contributed by atoms with Crippen LogP contribution in [0.15, 0.2) is 11.1 Å². The van der Waals surface area contributed by atoms with E-state index in [9.17, 15) is 4.79 Å². The van der Waals surface area contributed by atoms with Gasteiger partial charge in [-0.25, -0.2) is 9.97 Å². The molecule has 1 heterocycles. The fraction of sp³-hybridized carbons (Fsp3) is 0.583. The Labute approximate surface area is 112 Å². The smallest absolute Gasteiger partial charge is 0.306 e. The normalized spacial score (nSPS) is 10.5. The number of methoxy groups -OCH3 is 1. The molecule has 0 spiro atoms. The first-order chi connectivity index (χ1) is 8.56. The van der Waals surface area contributed by atoms with Gasteiger partial charge in [-0.1, -0.05) is 13.8 Å². The van der Waals surface area contributed by atoms with Gasteiger partial charge in [0.1, 0.15) is 16.7 Å². The Bertz CT molecular complexity index is 410. The molecule has 6 heteroatoms. The van der Waals surface area contributed by atoms with Crippen LogP contribution >= 0.6 is 11.8 Å². The van der Waals surface area contributed by atoms with Crippen LogP contribution in [0.25, 0.3) is 0 Å². The lowest BCUT2D eigenvalue weighted by Gasteiger charge is -2.09. The zero-order chi connectivity index (χ0) is 13.5. The van der Waals surface area contributed by atoms with Gasteiger partial charge in [0.25, 0.3) is 0 Å². The number of hydrogen-bond acceptors (Lipinski definition) is 6. The van der Waals surface area contributed by atoms with Gasteiger partial charge in [0, 0.05) is 24.8 Å². The largest absolute Gasteiger partial charge is 0.469 e. The molecule has 0 fully saturated rings. The minimum absolute atomic E-state index is 0.200. The van der Waals surface area contributed by atoms with E-state index in [2.05, 4.69) is 33.9 Å². The van der Waals surface area contributed by atoms with Gasteiger partial charge in [-0.2, -0.15) is 0 Å². The Morgan fingerprint density at radius 3 is 2.78 bits per heavy atom. The van der Waals surface area contributed by atoms with Gasteiger partial charge in [0.15, 0.2) is 0 Å². The van der Waals surface area contributed by atoms with Crippen molar-refractivity contribution in [2.75, 3.05) is 25.2 Å². The number of rotatable bonds is 6. The Hall–Kier alpha value is -1.30. The van der Waals surface area contributed by atoms with Crippen LogP contribution in [0.5, 0.6) is 0 Å². The highest BCUT2D eigenvalue weighted by molar-refractivity contribution is 7.99. The molecular formula is C12H19N3O2S. The molecule has 0 saturated carbocycles. The van der Waals surface area contributed by atoms with Gasteiger partial charge in [-0.15, -0.1) is 11.8 Å². The highest BCUT2D eigenvalue weighted by atomic mass is 32.2. The molecule has 0 unspecified atom stereocenters. The van der Waals surface area contributed by atoms with Gasteiger partial charge in [0.2, 0.25) is 0 Å². The minimum Gasteiger partial charge on any atom is -0.469 e. The lowest BCUT2D eigenvalue weighted by molar-refractivity contribution is -0.140. The highest BCUT2D eigenvalue weighted by Gasteiger charge is 2.08. The number of nitrogens with one attached hydrogen (secondary N) is 1. The van der Waals surface area contributed by atoms with Crippen LogP contribution in [0.3, 0.4) is 0 Å². The Morgan fingerprint density at radius 1 is 1.50 bits per heavy atom. The van der Waals surface area contributed by atoms with E-state index in [1.807, 2.05) is 13.1 Å². The summed E-state index contributed by atoms with van der Waals surface area (Å²) in [5.41, 5.74) is 0. The Kier molecular flexibility index (Phi) is 5.91. The average molecular weight is 269 g/mol. The molecule has 18 heavy (non-hydrogen) atoms. The number of nitrogens with zero attached hydrogens (tertiary/aromatic N) is 2. The summed E-state index contributed by atoms with van der Waals surface area (Å²) in [6, 6.07) is 1.88. The zero-order valence-electron chi connectivity index (χ0n) is 11.2. The van der Waals surface area contributed by atoms with Crippen molar-refractivity contribution in [3.05, 3.63) is 11.9 Å². The number of hydrogen-bond donors (Lipinski definition) is 1. The van der Waals surface area contributed by atoms with E-state index in [0.717, 1.165) is 16.7 Å². The van der Waals surface area contributed by atoms with E-state index in [-0.39, 0.29) is 11.9 Å². The van der Waals surface area contributed by atoms with Crippen LogP contribution in [0.2, 0.25) is 0 Å². The van der Waals surface area contributed by atoms with Crippen LogP contribution in [0.4, 0.5) is 5.82 Å². The molecule has 0 aliphatic heterocycles. The van der Waals surface area contributed by atoms with Gasteiger partial charge in [-0.05, 0) is 0 Å². The SMILES string of the molecule is CNc1cc(SCCC(=O)OC)nc(C(C)C)n1. The fourth-order valence-corrected chi connectivity index (χ4v) is 2.07. The number of carbonyl (C=O) groups excluding carboxylic acids is 1. The van der Waals surface area contributed by atoms with E-state index in [0.29, 0.717) is 12.2 Å². The van der Waals surface area contributed by atoms with Crippen LogP contribution < -0.4 is 5.32 Å². The molecule has 1 aromatic heterocycles. The summed E-state index contributed by atoms with van der Waals surface area (Å²) >= 11 is 1.53. The van der Waals surface area contributed by atoms with Gasteiger partial charge < -0.3 is 10.1 Å². The third-order valence-electron chi connectivity index (χ3n) is 2.28. The lowest BCUT2D eigenvalue weighted by Crippen LogP contribution is -2.04. The molecule has 1 rings (SSSR count). The number of esters is 1. The Balaban J connectivity index is 2.69. The van der Waals surface area contributed by atoms with Crippen molar-refractivity contribution < 1.29 is 9.53 Å². The molecule has 5 nitrogen and oxygen atoms in total. The van der Waals surface area contributed by atoms with E-state index in [1.54, 1.807) is 0 Å². The van der Waals surface area contributed by atoms with E-state index in [1.165, 1.54) is 18.9 Å². The number of anilines is 1. The maximum absolute atomic E-state index is 11.0. The van der Waals surface area contributed by atoms with Crippen LogP contribution in [-0.4, -0.2) is 35.8 Å². The van der Waals surface area contributed by atoms with Gasteiger partial charge in [-0.3, -0.25) is 4.79 Å². The predicted molar refractivity (Wildman–Crippen MR) is 73.0 cm³/mol. The molecule has 100 valence electrons. The third-order valence-corrected chi connectivity index (χ3v) is 3.19. The molecule has 0 atom stereocenters. The van der Waals surface area contributed by atoms with Crippen molar-refractivity contribution in [2.45, 2.75) is 31.2 Å². The molecule has 1 N–H and O–H groups in total. The third kappa shape index (κ3) is 4.52. The first-order valence-corrected chi connectivity index (χ1v) is 6.81. The monoisotopic (exact) mass is 269 g/mol. The molecule has 0 radical (unpaired) electrons. The predicted octanol–water partition coefficient (Wildman–Crippen LogP) is 2.30. The zero-order valence-corrected chi connectivity index (χ0v) is 12.0. The molecule has 0 bridgehead atoms. The summed E-state index contributed by atoms with van der Waals surface area (Å²) in [5.74, 6) is 2.34. The molecule has 0 saturated heterocycles. The number of carbonyl (C=O) groups is 1.